The number of anilines is 1. The first-order valence-corrected chi connectivity index (χ1v) is 9.32. The standard InChI is InChI=1S/C23H16N4O4/c24-12-15-3-1-4-16(9-15)14-31-19-6-2-5-17(10-19)26-23(28)21-13-25-22-8-7-18(27(29)30)11-20(21)22/h1-11,13,25H,14H2,(H,26,28). The summed E-state index contributed by atoms with van der Waals surface area (Å²) in [6, 6.07) is 20.5. The normalized spacial score (nSPS) is 10.4. The molecule has 1 aromatic heterocycles. The molecule has 3 aromatic carbocycles. The number of non-ortho nitro benzene ring substituents is 1. The number of ether oxygens (including phenoxy) is 1. The van der Waals surface area contributed by atoms with Gasteiger partial charge in [0.15, 0.2) is 0 Å². The van der Waals surface area contributed by atoms with Gasteiger partial charge >= 0.3 is 0 Å². The fourth-order valence-corrected chi connectivity index (χ4v) is 3.17. The van der Waals surface area contributed by atoms with Crippen LogP contribution in [-0.4, -0.2) is 15.8 Å². The first kappa shape index (κ1) is 19.7. The SMILES string of the molecule is N#Cc1cccc(COc2cccc(NC(=O)c3c[nH]c4ccc([N+](=O)[O-])cc34)c2)c1. The van der Waals surface area contributed by atoms with Crippen LogP contribution in [0.5, 0.6) is 5.75 Å². The minimum atomic E-state index is -0.499. The van der Waals surface area contributed by atoms with E-state index in [1.807, 2.05) is 6.07 Å². The van der Waals surface area contributed by atoms with Crippen molar-refractivity contribution in [1.82, 2.24) is 4.98 Å². The van der Waals surface area contributed by atoms with Gasteiger partial charge in [-0.25, -0.2) is 0 Å². The van der Waals surface area contributed by atoms with Crippen molar-refractivity contribution in [3.05, 3.63) is 99.7 Å². The van der Waals surface area contributed by atoms with Gasteiger partial charge in [-0.2, -0.15) is 5.26 Å². The molecule has 2 N–H and O–H groups in total. The third kappa shape index (κ3) is 4.36. The van der Waals surface area contributed by atoms with Crippen molar-refractivity contribution in [1.29, 1.82) is 5.26 Å². The molecule has 0 fully saturated rings. The van der Waals surface area contributed by atoms with E-state index in [-0.39, 0.29) is 12.3 Å². The molecule has 0 atom stereocenters. The van der Waals surface area contributed by atoms with Crippen molar-refractivity contribution in [2.24, 2.45) is 0 Å². The van der Waals surface area contributed by atoms with E-state index >= 15 is 0 Å². The third-order valence-corrected chi connectivity index (χ3v) is 4.67. The Labute approximate surface area is 176 Å². The van der Waals surface area contributed by atoms with Gasteiger partial charge in [-0.3, -0.25) is 14.9 Å². The summed E-state index contributed by atoms with van der Waals surface area (Å²) >= 11 is 0. The van der Waals surface area contributed by atoms with Crippen LogP contribution in [0.4, 0.5) is 11.4 Å². The monoisotopic (exact) mass is 412 g/mol. The minimum absolute atomic E-state index is 0.0861. The number of nitrogens with one attached hydrogen (secondary N) is 2. The zero-order valence-electron chi connectivity index (χ0n) is 16.2. The van der Waals surface area contributed by atoms with E-state index in [4.69, 9.17) is 10.00 Å². The van der Waals surface area contributed by atoms with Gasteiger partial charge < -0.3 is 15.0 Å². The maximum atomic E-state index is 12.8. The van der Waals surface area contributed by atoms with Gasteiger partial charge in [-0.15, -0.1) is 0 Å². The summed E-state index contributed by atoms with van der Waals surface area (Å²) in [4.78, 5) is 26.3. The predicted molar refractivity (Wildman–Crippen MR) is 115 cm³/mol. The summed E-state index contributed by atoms with van der Waals surface area (Å²) in [5.41, 5.74) is 2.78. The topological polar surface area (TPSA) is 121 Å². The van der Waals surface area contributed by atoms with Crippen molar-refractivity contribution < 1.29 is 14.5 Å². The quantitative estimate of drug-likeness (QED) is 0.349. The van der Waals surface area contributed by atoms with Gasteiger partial charge in [0.2, 0.25) is 0 Å². The van der Waals surface area contributed by atoms with Crippen LogP contribution >= 0.6 is 0 Å². The maximum Gasteiger partial charge on any atom is 0.270 e. The predicted octanol–water partition coefficient (Wildman–Crippen LogP) is 4.78. The second-order valence-electron chi connectivity index (χ2n) is 6.77. The number of fused-ring (bicyclic) bond motifs is 1. The number of hydrogen-bond acceptors (Lipinski definition) is 5. The number of H-pyrrole nitrogens is 1. The minimum Gasteiger partial charge on any atom is -0.489 e. The molecule has 1 amide bonds. The van der Waals surface area contributed by atoms with E-state index < -0.39 is 10.8 Å². The van der Waals surface area contributed by atoms with E-state index in [1.165, 1.54) is 18.3 Å². The number of amides is 1. The molecule has 4 aromatic rings. The average molecular weight is 412 g/mol. The Morgan fingerprint density at radius 3 is 2.77 bits per heavy atom. The zero-order chi connectivity index (χ0) is 21.8. The largest absolute Gasteiger partial charge is 0.489 e. The van der Waals surface area contributed by atoms with Gasteiger partial charge in [0.05, 0.1) is 22.1 Å². The van der Waals surface area contributed by atoms with Crippen LogP contribution in [-0.2, 0) is 6.61 Å². The van der Waals surface area contributed by atoms with Crippen LogP contribution in [0.2, 0.25) is 0 Å². The number of nitro groups is 1. The lowest BCUT2D eigenvalue weighted by Crippen LogP contribution is -2.11. The number of aromatic amines is 1. The highest BCUT2D eigenvalue weighted by atomic mass is 16.6. The number of hydrogen-bond donors (Lipinski definition) is 2. The summed E-state index contributed by atoms with van der Waals surface area (Å²) in [6.45, 7) is 0.277. The van der Waals surface area contributed by atoms with Crippen molar-refractivity contribution in [3.8, 4) is 11.8 Å². The molecule has 31 heavy (non-hydrogen) atoms. The van der Waals surface area contributed by atoms with Gasteiger partial charge in [-0.1, -0.05) is 18.2 Å². The number of nitriles is 1. The number of aromatic nitrogens is 1. The Morgan fingerprint density at radius 1 is 1.13 bits per heavy atom. The molecule has 0 aliphatic rings. The number of nitrogens with zero attached hydrogens (tertiary/aromatic N) is 2. The van der Waals surface area contributed by atoms with Crippen LogP contribution in [0.15, 0.2) is 72.9 Å². The molecular formula is C23H16N4O4. The highest BCUT2D eigenvalue weighted by Gasteiger charge is 2.16. The molecule has 8 heteroatoms. The highest BCUT2D eigenvalue weighted by molar-refractivity contribution is 6.13. The summed E-state index contributed by atoms with van der Waals surface area (Å²) in [6.07, 6.45) is 1.52. The second kappa shape index (κ2) is 8.39. The molecule has 0 saturated heterocycles. The fourth-order valence-electron chi connectivity index (χ4n) is 3.17. The van der Waals surface area contributed by atoms with Crippen LogP contribution in [0, 0.1) is 21.4 Å². The van der Waals surface area contributed by atoms with Crippen molar-refractivity contribution in [3.63, 3.8) is 0 Å². The molecule has 0 bridgehead atoms. The van der Waals surface area contributed by atoms with Crippen LogP contribution in [0.3, 0.4) is 0 Å². The first-order valence-electron chi connectivity index (χ1n) is 9.32. The molecule has 0 saturated carbocycles. The second-order valence-corrected chi connectivity index (χ2v) is 6.77. The first-order chi connectivity index (χ1) is 15.0. The molecule has 0 spiro atoms. The number of carbonyl (C=O) groups excluding carboxylic acids is 1. The molecule has 0 aliphatic carbocycles. The van der Waals surface area contributed by atoms with Gasteiger partial charge in [0.1, 0.15) is 12.4 Å². The summed E-state index contributed by atoms with van der Waals surface area (Å²) in [5, 5.41) is 23.3. The van der Waals surface area contributed by atoms with Gasteiger partial charge in [0.25, 0.3) is 11.6 Å². The van der Waals surface area contributed by atoms with Gasteiger partial charge in [0, 0.05) is 41.0 Å². The molecule has 4 rings (SSSR count). The maximum absolute atomic E-state index is 12.8. The number of rotatable bonds is 6. The van der Waals surface area contributed by atoms with Crippen molar-refractivity contribution in [2.45, 2.75) is 6.61 Å². The molecule has 1 heterocycles. The fraction of sp³-hybridized carbons (Fsp3) is 0.0435. The lowest BCUT2D eigenvalue weighted by molar-refractivity contribution is -0.384. The zero-order valence-corrected chi connectivity index (χ0v) is 16.2. The van der Waals surface area contributed by atoms with E-state index in [0.29, 0.717) is 33.5 Å². The smallest absolute Gasteiger partial charge is 0.270 e. The number of benzene rings is 3. The lowest BCUT2D eigenvalue weighted by Gasteiger charge is -2.09. The van der Waals surface area contributed by atoms with Crippen LogP contribution in [0.25, 0.3) is 10.9 Å². The van der Waals surface area contributed by atoms with E-state index in [1.54, 1.807) is 48.5 Å². The van der Waals surface area contributed by atoms with E-state index in [2.05, 4.69) is 16.4 Å². The molecule has 8 nitrogen and oxygen atoms in total. The Morgan fingerprint density at radius 2 is 1.97 bits per heavy atom. The summed E-state index contributed by atoms with van der Waals surface area (Å²) in [5.74, 6) is 0.153. The Hall–Kier alpha value is -4.64. The molecule has 152 valence electrons. The lowest BCUT2D eigenvalue weighted by atomic mass is 10.1. The molecule has 0 unspecified atom stereocenters. The summed E-state index contributed by atoms with van der Waals surface area (Å²) in [7, 11) is 0. The number of nitro benzene ring substituents is 1. The average Bonchev–Trinajstić information content (AvgIpc) is 3.21. The van der Waals surface area contributed by atoms with Crippen LogP contribution < -0.4 is 10.1 Å². The van der Waals surface area contributed by atoms with Crippen molar-refractivity contribution in [2.75, 3.05) is 5.32 Å². The Kier molecular flexibility index (Phi) is 5.32. The molecule has 0 radical (unpaired) electrons. The van der Waals surface area contributed by atoms with E-state index in [9.17, 15) is 14.9 Å². The molecular weight excluding hydrogens is 396 g/mol. The molecule has 0 aliphatic heterocycles. The Bertz CT molecular complexity index is 1340. The number of carbonyl (C=O) groups is 1. The van der Waals surface area contributed by atoms with Gasteiger partial charge in [-0.05, 0) is 35.9 Å². The third-order valence-electron chi connectivity index (χ3n) is 4.67. The highest BCUT2D eigenvalue weighted by Crippen LogP contribution is 2.25. The van der Waals surface area contributed by atoms with Crippen LogP contribution in [0.1, 0.15) is 21.5 Å². The summed E-state index contributed by atoms with van der Waals surface area (Å²) < 4.78 is 5.77. The van der Waals surface area contributed by atoms with E-state index in [0.717, 1.165) is 5.56 Å². The Balaban J connectivity index is 1.49. The van der Waals surface area contributed by atoms with Crippen molar-refractivity contribution >= 4 is 28.2 Å².